The van der Waals surface area contributed by atoms with Crippen LogP contribution >= 0.6 is 11.8 Å². The Hall–Kier alpha value is -2.63. The molecule has 3 aliphatic heterocycles. The molecular formula is C26H33N5O4S. The highest BCUT2D eigenvalue weighted by Gasteiger charge is 2.30. The number of nitrogens with one attached hydrogen (secondary N) is 1. The number of morpholine rings is 2. The quantitative estimate of drug-likeness (QED) is 0.491. The van der Waals surface area contributed by atoms with Crippen molar-refractivity contribution in [2.45, 2.75) is 17.7 Å². The first-order valence-corrected chi connectivity index (χ1v) is 13.3. The number of aliphatic hydroxyl groups is 1. The summed E-state index contributed by atoms with van der Waals surface area (Å²) in [7, 11) is 0. The number of amides is 1. The molecule has 0 spiro atoms. The molecule has 2 atom stereocenters. The number of carbonyl (C=O) groups excluding carboxylic acids is 1. The highest BCUT2D eigenvalue weighted by atomic mass is 32.2. The Balaban J connectivity index is 1.29. The van der Waals surface area contributed by atoms with E-state index >= 15 is 0 Å². The maximum absolute atomic E-state index is 12.3. The van der Waals surface area contributed by atoms with E-state index in [1.807, 2.05) is 18.2 Å². The largest absolute Gasteiger partial charge is 0.394 e. The van der Waals surface area contributed by atoms with Gasteiger partial charge >= 0.3 is 0 Å². The number of carbonyl (C=O) groups is 1. The number of benzene rings is 1. The third-order valence-corrected chi connectivity index (χ3v) is 8.18. The molecule has 192 valence electrons. The molecule has 2 saturated heterocycles. The maximum Gasteiger partial charge on any atom is 0.247 e. The SMILES string of the molecule is NC(=O)C1=C(Nc2cccc(C(CO)N3CCOCC3)n2)SC(c2ccc(N3CCOCC3)cc2)C1. The van der Waals surface area contributed by atoms with Crippen LogP contribution < -0.4 is 16.0 Å². The molecule has 9 nitrogen and oxygen atoms in total. The summed E-state index contributed by atoms with van der Waals surface area (Å²) in [6.07, 6.45) is 0.561. The zero-order valence-corrected chi connectivity index (χ0v) is 21.1. The fraction of sp³-hybridized carbons (Fsp3) is 0.462. The molecule has 10 heteroatoms. The first-order valence-electron chi connectivity index (χ1n) is 12.4. The van der Waals surface area contributed by atoms with Crippen molar-refractivity contribution in [2.75, 3.05) is 69.4 Å². The summed E-state index contributed by atoms with van der Waals surface area (Å²) in [6.45, 7) is 6.07. The van der Waals surface area contributed by atoms with Gasteiger partial charge in [0.25, 0.3) is 0 Å². The molecule has 2 unspecified atom stereocenters. The summed E-state index contributed by atoms with van der Waals surface area (Å²) in [5, 5.41) is 14.2. The van der Waals surface area contributed by atoms with E-state index in [1.165, 1.54) is 5.69 Å². The van der Waals surface area contributed by atoms with Gasteiger partial charge in [0, 0.05) is 42.7 Å². The van der Waals surface area contributed by atoms with Crippen LogP contribution in [-0.2, 0) is 14.3 Å². The zero-order chi connectivity index (χ0) is 24.9. The highest BCUT2D eigenvalue weighted by molar-refractivity contribution is 8.03. The molecule has 1 aromatic carbocycles. The van der Waals surface area contributed by atoms with Gasteiger partial charge in [-0.05, 0) is 36.2 Å². The van der Waals surface area contributed by atoms with Crippen LogP contribution in [-0.4, -0.2) is 80.1 Å². The molecule has 0 aliphatic carbocycles. The van der Waals surface area contributed by atoms with Crippen molar-refractivity contribution in [2.24, 2.45) is 5.73 Å². The van der Waals surface area contributed by atoms with Crippen molar-refractivity contribution < 1.29 is 19.4 Å². The molecule has 0 saturated carbocycles. The average molecular weight is 512 g/mol. The van der Waals surface area contributed by atoms with E-state index in [0.717, 1.165) is 55.7 Å². The van der Waals surface area contributed by atoms with Gasteiger partial charge in [-0.3, -0.25) is 9.69 Å². The molecule has 5 rings (SSSR count). The molecule has 36 heavy (non-hydrogen) atoms. The average Bonchev–Trinajstić information content (AvgIpc) is 3.35. The number of thioether (sulfide) groups is 1. The van der Waals surface area contributed by atoms with Crippen LogP contribution in [0.3, 0.4) is 0 Å². The monoisotopic (exact) mass is 511 g/mol. The third-order valence-electron chi connectivity index (χ3n) is 6.88. The zero-order valence-electron chi connectivity index (χ0n) is 20.3. The van der Waals surface area contributed by atoms with E-state index in [1.54, 1.807) is 11.8 Å². The normalized spacial score (nSPS) is 22.0. The predicted octanol–water partition coefficient (Wildman–Crippen LogP) is 2.27. The number of ether oxygens (including phenoxy) is 2. The van der Waals surface area contributed by atoms with Crippen molar-refractivity contribution in [1.82, 2.24) is 9.88 Å². The fourth-order valence-corrected chi connectivity index (χ4v) is 6.18. The van der Waals surface area contributed by atoms with Crippen LogP contribution in [0.4, 0.5) is 11.5 Å². The minimum Gasteiger partial charge on any atom is -0.394 e. The Labute approximate surface area is 215 Å². The number of aliphatic hydroxyl groups excluding tert-OH is 1. The van der Waals surface area contributed by atoms with E-state index < -0.39 is 5.91 Å². The summed E-state index contributed by atoms with van der Waals surface area (Å²) in [5.41, 5.74) is 9.47. The maximum atomic E-state index is 12.3. The summed E-state index contributed by atoms with van der Waals surface area (Å²) in [6, 6.07) is 14.1. The molecule has 1 aromatic heterocycles. The number of primary amides is 1. The van der Waals surface area contributed by atoms with E-state index in [4.69, 9.17) is 20.2 Å². The number of rotatable bonds is 8. The standard InChI is InChI=1S/C26H33N5O4S/c27-25(33)20-16-23(18-4-6-19(7-5-18)30-8-12-34-13-9-30)36-26(20)29-24-3-1-2-21(28-24)22(17-32)31-10-14-35-15-11-31/h1-7,22-23,32H,8-17H2,(H2,27,33)(H,28,29). The number of nitrogens with zero attached hydrogens (tertiary/aromatic N) is 3. The van der Waals surface area contributed by atoms with Gasteiger partial charge in [-0.15, -0.1) is 0 Å². The smallest absolute Gasteiger partial charge is 0.247 e. The minimum absolute atomic E-state index is 0.0248. The molecule has 4 N–H and O–H groups in total. The van der Waals surface area contributed by atoms with Gasteiger partial charge in [0.05, 0.1) is 49.8 Å². The number of nitrogens with two attached hydrogens (primary N) is 1. The van der Waals surface area contributed by atoms with E-state index in [-0.39, 0.29) is 17.9 Å². The Bertz CT molecular complexity index is 1080. The number of aromatic nitrogens is 1. The third kappa shape index (κ3) is 5.68. The van der Waals surface area contributed by atoms with Gasteiger partial charge in [0.2, 0.25) is 5.91 Å². The molecule has 4 heterocycles. The number of pyridine rings is 1. The minimum atomic E-state index is -0.421. The Morgan fingerprint density at radius 1 is 1.08 bits per heavy atom. The van der Waals surface area contributed by atoms with Crippen molar-refractivity contribution in [3.8, 4) is 0 Å². The van der Waals surface area contributed by atoms with Gasteiger partial charge < -0.3 is 30.5 Å². The van der Waals surface area contributed by atoms with E-state index in [9.17, 15) is 9.90 Å². The predicted molar refractivity (Wildman–Crippen MR) is 141 cm³/mol. The highest BCUT2D eigenvalue weighted by Crippen LogP contribution is 2.47. The van der Waals surface area contributed by atoms with Crippen LogP contribution in [0.25, 0.3) is 0 Å². The molecule has 0 bridgehead atoms. The lowest BCUT2D eigenvalue weighted by molar-refractivity contribution is -0.114. The van der Waals surface area contributed by atoms with Crippen LogP contribution in [0.15, 0.2) is 53.1 Å². The molecule has 1 amide bonds. The van der Waals surface area contributed by atoms with Crippen LogP contribution in [0.2, 0.25) is 0 Å². The number of hydrogen-bond donors (Lipinski definition) is 3. The van der Waals surface area contributed by atoms with Crippen LogP contribution in [0.5, 0.6) is 0 Å². The molecule has 0 radical (unpaired) electrons. The molecule has 2 fully saturated rings. The molecule has 3 aliphatic rings. The first-order chi connectivity index (χ1) is 17.6. The molecule has 2 aromatic rings. The summed E-state index contributed by atoms with van der Waals surface area (Å²) in [4.78, 5) is 21.6. The number of anilines is 2. The topological polar surface area (TPSA) is 113 Å². The summed E-state index contributed by atoms with van der Waals surface area (Å²) in [5.74, 6) is 0.207. The second-order valence-corrected chi connectivity index (χ2v) is 10.3. The van der Waals surface area contributed by atoms with E-state index in [0.29, 0.717) is 31.0 Å². The Morgan fingerprint density at radius 2 is 1.78 bits per heavy atom. The fourth-order valence-electron chi connectivity index (χ4n) is 4.87. The lowest BCUT2D eigenvalue weighted by atomic mass is 10.0. The summed E-state index contributed by atoms with van der Waals surface area (Å²) >= 11 is 1.60. The second-order valence-electron chi connectivity index (χ2n) is 9.09. The van der Waals surface area contributed by atoms with Crippen molar-refractivity contribution >= 4 is 29.2 Å². The van der Waals surface area contributed by atoms with Gasteiger partial charge in [-0.1, -0.05) is 30.0 Å². The van der Waals surface area contributed by atoms with Crippen molar-refractivity contribution in [1.29, 1.82) is 0 Å². The van der Waals surface area contributed by atoms with Gasteiger partial charge in [-0.2, -0.15) is 0 Å². The van der Waals surface area contributed by atoms with Gasteiger partial charge in [0.1, 0.15) is 5.82 Å². The van der Waals surface area contributed by atoms with Crippen LogP contribution in [0.1, 0.15) is 29.0 Å². The number of hydrogen-bond acceptors (Lipinski definition) is 9. The first kappa shape index (κ1) is 25.0. The van der Waals surface area contributed by atoms with Crippen LogP contribution in [0, 0.1) is 0 Å². The summed E-state index contributed by atoms with van der Waals surface area (Å²) < 4.78 is 10.9. The van der Waals surface area contributed by atoms with Crippen molar-refractivity contribution in [3.63, 3.8) is 0 Å². The van der Waals surface area contributed by atoms with E-state index in [2.05, 4.69) is 39.4 Å². The lowest BCUT2D eigenvalue weighted by Crippen LogP contribution is -2.40. The Kier molecular flexibility index (Phi) is 8.08. The van der Waals surface area contributed by atoms with Gasteiger partial charge in [-0.25, -0.2) is 4.98 Å². The second kappa shape index (κ2) is 11.6. The Morgan fingerprint density at radius 3 is 2.44 bits per heavy atom. The molecular weight excluding hydrogens is 478 g/mol. The van der Waals surface area contributed by atoms with Gasteiger partial charge in [0.15, 0.2) is 0 Å². The van der Waals surface area contributed by atoms with Crippen molar-refractivity contribution in [3.05, 3.63) is 64.3 Å². The lowest BCUT2D eigenvalue weighted by Gasteiger charge is -2.33.